The number of thioether (sulfide) groups is 1. The average Bonchev–Trinajstić information content (AvgIpc) is 3.31. The summed E-state index contributed by atoms with van der Waals surface area (Å²) in [7, 11) is 1.62. The first-order chi connectivity index (χ1) is 14.1. The van der Waals surface area contributed by atoms with E-state index in [0.29, 0.717) is 45.3 Å². The Hall–Kier alpha value is -2.41. The Morgan fingerprint density at radius 1 is 1.21 bits per heavy atom. The molecule has 0 aliphatic rings. The smallest absolute Gasteiger partial charge is 0.200 e. The Balaban J connectivity index is 1.67. The SMILES string of the molecule is C=CCn1c(SCc2ccc(Cl)cc2Cl)nnc1-c1cc2cccc(OC)c2o1. The first-order valence-electron chi connectivity index (χ1n) is 8.78. The Morgan fingerprint density at radius 3 is 2.83 bits per heavy atom. The van der Waals surface area contributed by atoms with Gasteiger partial charge in [-0.1, -0.05) is 59.2 Å². The van der Waals surface area contributed by atoms with Gasteiger partial charge in [0.15, 0.2) is 22.2 Å². The summed E-state index contributed by atoms with van der Waals surface area (Å²) < 4.78 is 13.4. The highest BCUT2D eigenvalue weighted by Gasteiger charge is 2.19. The van der Waals surface area contributed by atoms with Crippen molar-refractivity contribution >= 4 is 45.9 Å². The van der Waals surface area contributed by atoms with Gasteiger partial charge in [0, 0.05) is 27.7 Å². The van der Waals surface area contributed by atoms with Crippen molar-refractivity contribution < 1.29 is 9.15 Å². The molecule has 0 saturated carbocycles. The molecule has 2 aromatic carbocycles. The zero-order valence-corrected chi connectivity index (χ0v) is 17.9. The van der Waals surface area contributed by atoms with Crippen LogP contribution in [0.25, 0.3) is 22.6 Å². The maximum atomic E-state index is 6.29. The van der Waals surface area contributed by atoms with Crippen molar-refractivity contribution in [1.29, 1.82) is 0 Å². The summed E-state index contributed by atoms with van der Waals surface area (Å²) in [6, 6.07) is 13.2. The fourth-order valence-electron chi connectivity index (χ4n) is 2.96. The minimum atomic E-state index is 0.549. The van der Waals surface area contributed by atoms with Gasteiger partial charge in [0.05, 0.1) is 7.11 Å². The van der Waals surface area contributed by atoms with Crippen LogP contribution < -0.4 is 4.74 Å². The van der Waals surface area contributed by atoms with Gasteiger partial charge < -0.3 is 9.15 Å². The summed E-state index contributed by atoms with van der Waals surface area (Å²) in [5, 5.41) is 11.6. The summed E-state index contributed by atoms with van der Waals surface area (Å²) in [5.41, 5.74) is 1.66. The van der Waals surface area contributed by atoms with Crippen molar-refractivity contribution in [2.24, 2.45) is 0 Å². The van der Waals surface area contributed by atoms with Crippen molar-refractivity contribution in [3.8, 4) is 17.3 Å². The van der Waals surface area contributed by atoms with Gasteiger partial charge in [-0.25, -0.2) is 0 Å². The van der Waals surface area contributed by atoms with Crippen molar-refractivity contribution in [2.75, 3.05) is 7.11 Å². The zero-order valence-electron chi connectivity index (χ0n) is 15.6. The van der Waals surface area contributed by atoms with Crippen LogP contribution in [0.1, 0.15) is 5.56 Å². The van der Waals surface area contributed by atoms with E-state index in [0.717, 1.165) is 16.1 Å². The van der Waals surface area contributed by atoms with Crippen molar-refractivity contribution in [1.82, 2.24) is 14.8 Å². The molecule has 0 saturated heterocycles. The van der Waals surface area contributed by atoms with E-state index in [9.17, 15) is 0 Å². The monoisotopic (exact) mass is 445 g/mol. The van der Waals surface area contributed by atoms with Gasteiger partial charge in [-0.05, 0) is 29.8 Å². The highest BCUT2D eigenvalue weighted by Crippen LogP contribution is 2.35. The molecule has 2 aromatic heterocycles. The molecule has 8 heteroatoms. The van der Waals surface area contributed by atoms with E-state index in [4.69, 9.17) is 32.4 Å². The van der Waals surface area contributed by atoms with Crippen molar-refractivity contribution in [3.05, 3.63) is 70.7 Å². The first kappa shape index (κ1) is 19.9. The molecule has 5 nitrogen and oxygen atoms in total. The first-order valence-corrected chi connectivity index (χ1v) is 10.5. The predicted molar refractivity (Wildman–Crippen MR) is 118 cm³/mol. The molecular formula is C21H17Cl2N3O2S. The number of ether oxygens (including phenoxy) is 1. The number of nitrogens with zero attached hydrogens (tertiary/aromatic N) is 3. The molecule has 4 aromatic rings. The van der Waals surface area contributed by atoms with Crippen LogP contribution in [0, 0.1) is 0 Å². The maximum Gasteiger partial charge on any atom is 0.200 e. The molecule has 29 heavy (non-hydrogen) atoms. The fraction of sp³-hybridized carbons (Fsp3) is 0.143. The Labute approximate surface area is 182 Å². The molecule has 0 amide bonds. The standard InChI is InChI=1S/C21H17Cl2N3O2S/c1-3-9-26-20(18-10-13-5-4-6-17(27-2)19(13)28-18)24-25-21(26)29-12-14-7-8-15(22)11-16(14)23/h3-8,10-11H,1,9,12H2,2H3. The van der Waals surface area contributed by atoms with Crippen LogP contribution >= 0.6 is 35.0 Å². The average molecular weight is 446 g/mol. The van der Waals surface area contributed by atoms with Gasteiger partial charge in [0.25, 0.3) is 0 Å². The third-order valence-electron chi connectivity index (χ3n) is 4.35. The van der Waals surface area contributed by atoms with Crippen LogP contribution in [0.15, 0.2) is 64.7 Å². The van der Waals surface area contributed by atoms with Crippen LogP contribution in [0.5, 0.6) is 5.75 Å². The predicted octanol–water partition coefficient (Wildman–Crippen LogP) is 6.49. The molecule has 148 valence electrons. The second-order valence-electron chi connectivity index (χ2n) is 6.22. The maximum absolute atomic E-state index is 6.29. The van der Waals surface area contributed by atoms with Crippen molar-refractivity contribution in [2.45, 2.75) is 17.5 Å². The number of halogens is 2. The summed E-state index contributed by atoms with van der Waals surface area (Å²) in [4.78, 5) is 0. The number of allylic oxidation sites excluding steroid dienone is 1. The Morgan fingerprint density at radius 2 is 2.07 bits per heavy atom. The lowest BCUT2D eigenvalue weighted by atomic mass is 10.2. The van der Waals surface area contributed by atoms with E-state index in [1.54, 1.807) is 19.3 Å². The van der Waals surface area contributed by atoms with Gasteiger partial charge in [0.2, 0.25) is 5.82 Å². The molecule has 0 fully saturated rings. The summed E-state index contributed by atoms with van der Waals surface area (Å²) in [5.74, 6) is 2.57. The third-order valence-corrected chi connectivity index (χ3v) is 5.95. The number of fused-ring (bicyclic) bond motifs is 1. The van der Waals surface area contributed by atoms with Crippen LogP contribution in [-0.4, -0.2) is 21.9 Å². The Kier molecular flexibility index (Phi) is 5.85. The molecule has 0 radical (unpaired) electrons. The van der Waals surface area contributed by atoms with Gasteiger partial charge in [-0.3, -0.25) is 4.57 Å². The number of hydrogen-bond acceptors (Lipinski definition) is 5. The minimum Gasteiger partial charge on any atom is -0.493 e. The number of aromatic nitrogens is 3. The number of furan rings is 1. The van der Waals surface area contributed by atoms with Gasteiger partial charge >= 0.3 is 0 Å². The highest BCUT2D eigenvalue weighted by atomic mass is 35.5. The lowest BCUT2D eigenvalue weighted by Gasteiger charge is -2.07. The second kappa shape index (κ2) is 8.53. The van der Waals surface area contributed by atoms with Crippen molar-refractivity contribution in [3.63, 3.8) is 0 Å². The van der Waals surface area contributed by atoms with E-state index < -0.39 is 0 Å². The number of rotatable bonds is 7. The molecule has 2 heterocycles. The lowest BCUT2D eigenvalue weighted by Crippen LogP contribution is -2.00. The molecule has 0 atom stereocenters. The molecular weight excluding hydrogens is 429 g/mol. The number of para-hydroxylation sites is 1. The zero-order chi connectivity index (χ0) is 20.4. The molecule has 0 unspecified atom stereocenters. The normalized spacial score (nSPS) is 11.1. The lowest BCUT2D eigenvalue weighted by molar-refractivity contribution is 0.410. The van der Waals surface area contributed by atoms with Crippen LogP contribution in [0.2, 0.25) is 10.0 Å². The second-order valence-corrected chi connectivity index (χ2v) is 8.01. The fourth-order valence-corrected chi connectivity index (χ4v) is 4.47. The number of methoxy groups -OCH3 is 1. The molecule has 0 spiro atoms. The van der Waals surface area contributed by atoms with Crippen LogP contribution in [0.3, 0.4) is 0 Å². The van der Waals surface area contributed by atoms with E-state index in [2.05, 4.69) is 16.8 Å². The van der Waals surface area contributed by atoms with Gasteiger partial charge in [0.1, 0.15) is 0 Å². The third kappa shape index (κ3) is 4.01. The summed E-state index contributed by atoms with van der Waals surface area (Å²) >= 11 is 13.8. The van der Waals surface area contributed by atoms with Crippen LogP contribution in [-0.2, 0) is 12.3 Å². The van der Waals surface area contributed by atoms with E-state index >= 15 is 0 Å². The molecule has 0 aliphatic heterocycles. The topological polar surface area (TPSA) is 53.1 Å². The van der Waals surface area contributed by atoms with E-state index in [1.165, 1.54) is 11.8 Å². The Bertz CT molecular complexity index is 1190. The quantitative estimate of drug-likeness (QED) is 0.240. The van der Waals surface area contributed by atoms with Gasteiger partial charge in [-0.2, -0.15) is 0 Å². The number of hydrogen-bond donors (Lipinski definition) is 0. The summed E-state index contributed by atoms with van der Waals surface area (Å²) in [6.07, 6.45) is 1.80. The molecule has 4 rings (SSSR count). The van der Waals surface area contributed by atoms with Crippen LogP contribution in [0.4, 0.5) is 0 Å². The van der Waals surface area contributed by atoms with E-state index in [1.807, 2.05) is 41.0 Å². The van der Waals surface area contributed by atoms with E-state index in [-0.39, 0.29) is 0 Å². The number of benzene rings is 2. The molecule has 0 N–H and O–H groups in total. The largest absolute Gasteiger partial charge is 0.493 e. The summed E-state index contributed by atoms with van der Waals surface area (Å²) in [6.45, 7) is 4.40. The highest BCUT2D eigenvalue weighted by molar-refractivity contribution is 7.98. The minimum absolute atomic E-state index is 0.549. The molecule has 0 bridgehead atoms. The molecule has 0 aliphatic carbocycles. The van der Waals surface area contributed by atoms with Gasteiger partial charge in [-0.15, -0.1) is 16.8 Å².